The number of fused-ring (bicyclic) bond motifs is 1. The fourth-order valence-electron chi connectivity index (χ4n) is 3.05. The van der Waals surface area contributed by atoms with Crippen LogP contribution in [0.1, 0.15) is 30.0 Å². The molecular weight excluding hydrogens is 302 g/mol. The van der Waals surface area contributed by atoms with E-state index in [0.717, 1.165) is 29.2 Å². The Hall–Kier alpha value is -3.13. The highest BCUT2D eigenvalue weighted by molar-refractivity contribution is 5.85. The maximum absolute atomic E-state index is 12.7. The second kappa shape index (κ2) is 5.50. The first kappa shape index (κ1) is 14.5. The number of benzene rings is 2. The van der Waals surface area contributed by atoms with Crippen LogP contribution in [0, 0.1) is 11.3 Å². The summed E-state index contributed by atoms with van der Waals surface area (Å²) in [4.78, 5) is 25.2. The van der Waals surface area contributed by atoms with Crippen molar-refractivity contribution in [2.24, 2.45) is 0 Å². The van der Waals surface area contributed by atoms with E-state index in [1.807, 2.05) is 48.5 Å². The first-order chi connectivity index (χ1) is 11.7. The van der Waals surface area contributed by atoms with Crippen molar-refractivity contribution in [1.82, 2.24) is 9.13 Å². The Labute approximate surface area is 138 Å². The van der Waals surface area contributed by atoms with Crippen LogP contribution in [0.3, 0.4) is 0 Å². The van der Waals surface area contributed by atoms with Crippen molar-refractivity contribution >= 4 is 10.8 Å². The second-order valence-corrected chi connectivity index (χ2v) is 6.11. The van der Waals surface area contributed by atoms with Gasteiger partial charge in [0, 0.05) is 12.2 Å². The summed E-state index contributed by atoms with van der Waals surface area (Å²) in [5, 5.41) is 11.3. The third kappa shape index (κ3) is 2.33. The maximum Gasteiger partial charge on any atom is 0.331 e. The van der Waals surface area contributed by atoms with Crippen molar-refractivity contribution in [2.75, 3.05) is 0 Å². The number of nitriles is 1. The van der Waals surface area contributed by atoms with Gasteiger partial charge in [-0.2, -0.15) is 5.26 Å². The van der Waals surface area contributed by atoms with E-state index in [1.54, 1.807) is 0 Å². The topological polar surface area (TPSA) is 67.8 Å². The highest BCUT2D eigenvalue weighted by Gasteiger charge is 2.27. The van der Waals surface area contributed by atoms with Gasteiger partial charge in [-0.15, -0.1) is 0 Å². The molecule has 0 saturated heterocycles. The summed E-state index contributed by atoms with van der Waals surface area (Å²) in [5.41, 5.74) is 0.0493. The van der Waals surface area contributed by atoms with E-state index in [-0.39, 0.29) is 23.8 Å². The molecule has 1 heterocycles. The highest BCUT2D eigenvalue weighted by Crippen LogP contribution is 2.33. The number of hydrogen-bond donors (Lipinski definition) is 0. The third-order valence-corrected chi connectivity index (χ3v) is 4.46. The molecule has 0 unspecified atom stereocenters. The molecule has 0 amide bonds. The van der Waals surface area contributed by atoms with Gasteiger partial charge in [-0.05, 0) is 29.2 Å². The smallest absolute Gasteiger partial charge is 0.296 e. The zero-order valence-electron chi connectivity index (χ0n) is 13.0. The molecule has 5 nitrogen and oxygen atoms in total. The summed E-state index contributed by atoms with van der Waals surface area (Å²) >= 11 is 0. The van der Waals surface area contributed by atoms with E-state index in [0.29, 0.717) is 0 Å². The molecule has 118 valence electrons. The zero-order valence-corrected chi connectivity index (χ0v) is 13.0. The predicted molar refractivity (Wildman–Crippen MR) is 91.0 cm³/mol. The Morgan fingerprint density at radius 3 is 2.58 bits per heavy atom. The van der Waals surface area contributed by atoms with Gasteiger partial charge in [0.1, 0.15) is 11.6 Å². The summed E-state index contributed by atoms with van der Waals surface area (Å²) in [7, 11) is 0. The van der Waals surface area contributed by atoms with Gasteiger partial charge >= 0.3 is 5.69 Å². The molecular formula is C19H15N3O2. The van der Waals surface area contributed by atoms with Crippen molar-refractivity contribution in [3.8, 4) is 6.07 Å². The van der Waals surface area contributed by atoms with Crippen LogP contribution >= 0.6 is 0 Å². The molecule has 1 aliphatic carbocycles. The Bertz CT molecular complexity index is 1090. The van der Waals surface area contributed by atoms with Gasteiger partial charge in [0.15, 0.2) is 0 Å². The van der Waals surface area contributed by atoms with Crippen molar-refractivity contribution in [1.29, 1.82) is 5.26 Å². The molecule has 1 aromatic heterocycles. The average Bonchev–Trinajstić information content (AvgIpc) is 3.44. The molecule has 0 spiro atoms. The number of rotatable bonds is 3. The van der Waals surface area contributed by atoms with Crippen LogP contribution in [0.25, 0.3) is 10.8 Å². The molecule has 1 saturated carbocycles. The molecule has 0 radical (unpaired) electrons. The lowest BCUT2D eigenvalue weighted by Gasteiger charge is -2.12. The summed E-state index contributed by atoms with van der Waals surface area (Å²) in [6.45, 7) is 0.168. The van der Waals surface area contributed by atoms with Crippen molar-refractivity contribution < 1.29 is 0 Å². The summed E-state index contributed by atoms with van der Waals surface area (Å²) < 4.78 is 2.71. The lowest BCUT2D eigenvalue weighted by molar-refractivity contribution is 0.589. The fourth-order valence-corrected chi connectivity index (χ4v) is 3.05. The van der Waals surface area contributed by atoms with Crippen LogP contribution in [0.5, 0.6) is 0 Å². The van der Waals surface area contributed by atoms with E-state index in [9.17, 15) is 14.9 Å². The summed E-state index contributed by atoms with van der Waals surface area (Å²) in [6, 6.07) is 15.7. The van der Waals surface area contributed by atoms with Crippen molar-refractivity contribution in [3.63, 3.8) is 0 Å². The summed E-state index contributed by atoms with van der Waals surface area (Å²) in [5.74, 6) is 0. The first-order valence-electron chi connectivity index (χ1n) is 7.92. The Balaban J connectivity index is 1.91. The van der Waals surface area contributed by atoms with Gasteiger partial charge < -0.3 is 0 Å². The maximum atomic E-state index is 12.7. The first-order valence-corrected chi connectivity index (χ1v) is 7.92. The van der Waals surface area contributed by atoms with E-state index in [2.05, 4.69) is 0 Å². The quantitative estimate of drug-likeness (QED) is 0.745. The van der Waals surface area contributed by atoms with Gasteiger partial charge in [0.25, 0.3) is 5.56 Å². The minimum atomic E-state index is -0.521. The van der Waals surface area contributed by atoms with Crippen molar-refractivity contribution in [3.05, 3.63) is 80.6 Å². The summed E-state index contributed by atoms with van der Waals surface area (Å²) in [6.07, 6.45) is 3.23. The minimum Gasteiger partial charge on any atom is -0.296 e. The van der Waals surface area contributed by atoms with Gasteiger partial charge in [0.2, 0.25) is 0 Å². The molecule has 1 fully saturated rings. The zero-order chi connectivity index (χ0) is 16.7. The molecule has 24 heavy (non-hydrogen) atoms. The number of nitrogens with zero attached hydrogens (tertiary/aromatic N) is 3. The molecule has 0 atom stereocenters. The van der Waals surface area contributed by atoms with Gasteiger partial charge in [0.05, 0.1) is 6.54 Å². The highest BCUT2D eigenvalue weighted by atomic mass is 16.2. The van der Waals surface area contributed by atoms with E-state index in [1.165, 1.54) is 15.3 Å². The average molecular weight is 317 g/mol. The van der Waals surface area contributed by atoms with Crippen LogP contribution in [0.4, 0.5) is 0 Å². The monoisotopic (exact) mass is 317 g/mol. The Morgan fingerprint density at radius 1 is 1.08 bits per heavy atom. The van der Waals surface area contributed by atoms with Crippen LogP contribution in [-0.2, 0) is 6.54 Å². The largest absolute Gasteiger partial charge is 0.331 e. The van der Waals surface area contributed by atoms with Crippen LogP contribution < -0.4 is 11.2 Å². The predicted octanol–water partition coefficient (Wildman–Crippen LogP) is 2.42. The molecule has 2 aromatic carbocycles. The van der Waals surface area contributed by atoms with Crippen LogP contribution in [0.15, 0.2) is 58.3 Å². The van der Waals surface area contributed by atoms with E-state index in [4.69, 9.17) is 0 Å². The van der Waals surface area contributed by atoms with Gasteiger partial charge in [-0.1, -0.05) is 42.5 Å². The van der Waals surface area contributed by atoms with E-state index < -0.39 is 5.56 Å². The molecule has 0 aliphatic heterocycles. The molecule has 3 aromatic rings. The number of hydrogen-bond acceptors (Lipinski definition) is 3. The standard InChI is InChI=1S/C19H15N3O2/c20-10-15-12-21(16-8-9-16)19(24)22(18(15)23)11-14-6-3-5-13-4-1-2-7-17(13)14/h1-7,12,16H,8-9,11H2. The normalized spacial score (nSPS) is 13.8. The lowest BCUT2D eigenvalue weighted by Crippen LogP contribution is -2.40. The Morgan fingerprint density at radius 2 is 1.83 bits per heavy atom. The van der Waals surface area contributed by atoms with Crippen LogP contribution in [0.2, 0.25) is 0 Å². The SMILES string of the molecule is N#Cc1cn(C2CC2)c(=O)n(Cc2cccc3ccccc23)c1=O. The van der Waals surface area contributed by atoms with E-state index >= 15 is 0 Å². The minimum absolute atomic E-state index is 0.0155. The molecule has 4 rings (SSSR count). The molecule has 0 N–H and O–H groups in total. The fraction of sp³-hybridized carbons (Fsp3) is 0.211. The van der Waals surface area contributed by atoms with Gasteiger partial charge in [-0.3, -0.25) is 13.9 Å². The second-order valence-electron chi connectivity index (χ2n) is 6.11. The molecule has 0 bridgehead atoms. The third-order valence-electron chi connectivity index (χ3n) is 4.46. The lowest BCUT2D eigenvalue weighted by atomic mass is 10.0. The van der Waals surface area contributed by atoms with Gasteiger partial charge in [-0.25, -0.2) is 4.79 Å². The van der Waals surface area contributed by atoms with Crippen LogP contribution in [-0.4, -0.2) is 9.13 Å². The Kier molecular flexibility index (Phi) is 3.31. The van der Waals surface area contributed by atoms with Crippen molar-refractivity contribution in [2.45, 2.75) is 25.4 Å². The molecule has 5 heteroatoms. The number of aromatic nitrogens is 2. The molecule has 1 aliphatic rings.